The number of hydrogen-bond acceptors (Lipinski definition) is 15. The predicted molar refractivity (Wildman–Crippen MR) is 381 cm³/mol. The van der Waals surface area contributed by atoms with E-state index >= 15 is 0 Å². The number of aliphatic hydroxyl groups excluding tert-OH is 1. The van der Waals surface area contributed by atoms with Crippen LogP contribution in [0.4, 0.5) is 0 Å². The van der Waals surface area contributed by atoms with Crippen molar-refractivity contribution in [3.63, 3.8) is 0 Å². The molecule has 0 bridgehead atoms. The average molecular weight is 1380 g/mol. The van der Waals surface area contributed by atoms with Crippen molar-refractivity contribution >= 4 is 39.5 Å². The summed E-state index contributed by atoms with van der Waals surface area (Å²) >= 11 is 0. The van der Waals surface area contributed by atoms with E-state index in [1.54, 1.807) is 0 Å². The molecule has 19 heteroatoms. The van der Waals surface area contributed by atoms with Crippen LogP contribution in [0.2, 0.25) is 0 Å². The largest absolute Gasteiger partial charge is 0.472 e. The van der Waals surface area contributed by atoms with Crippen LogP contribution in [-0.4, -0.2) is 96.7 Å². The maximum absolute atomic E-state index is 13.1. The van der Waals surface area contributed by atoms with Gasteiger partial charge in [0.05, 0.1) is 26.4 Å². The van der Waals surface area contributed by atoms with E-state index in [9.17, 15) is 43.2 Å². The molecule has 94 heavy (non-hydrogen) atoms. The average Bonchev–Trinajstić information content (AvgIpc) is 3.65. The maximum atomic E-state index is 13.1. The van der Waals surface area contributed by atoms with Crippen LogP contribution in [0.25, 0.3) is 0 Å². The fourth-order valence-electron chi connectivity index (χ4n) is 11.3. The van der Waals surface area contributed by atoms with Crippen LogP contribution in [0.3, 0.4) is 0 Å². The molecule has 0 aromatic rings. The molecule has 0 spiro atoms. The van der Waals surface area contributed by atoms with Crippen molar-refractivity contribution in [3.05, 3.63) is 0 Å². The maximum Gasteiger partial charge on any atom is 0.472 e. The first-order valence-electron chi connectivity index (χ1n) is 38.7. The zero-order valence-corrected chi connectivity index (χ0v) is 63.4. The van der Waals surface area contributed by atoms with Crippen LogP contribution in [0, 0.1) is 23.7 Å². The quantitative estimate of drug-likeness (QED) is 0.0222. The van der Waals surface area contributed by atoms with Gasteiger partial charge in [0.25, 0.3) is 0 Å². The molecule has 0 aromatic carbocycles. The minimum atomic E-state index is -4.96. The summed E-state index contributed by atoms with van der Waals surface area (Å²) in [7, 11) is -9.91. The van der Waals surface area contributed by atoms with E-state index in [4.69, 9.17) is 37.0 Å². The van der Waals surface area contributed by atoms with Crippen LogP contribution in [0.1, 0.15) is 376 Å². The zero-order valence-electron chi connectivity index (χ0n) is 61.6. The highest BCUT2D eigenvalue weighted by Gasteiger charge is 2.30. The lowest BCUT2D eigenvalue weighted by molar-refractivity contribution is -0.161. The fourth-order valence-corrected chi connectivity index (χ4v) is 12.9. The zero-order chi connectivity index (χ0) is 69.6. The first kappa shape index (κ1) is 92.1. The minimum Gasteiger partial charge on any atom is -0.462 e. The summed E-state index contributed by atoms with van der Waals surface area (Å²) in [4.78, 5) is 72.7. The highest BCUT2D eigenvalue weighted by Crippen LogP contribution is 2.45. The SMILES string of the molecule is CCC(C)CCCCCCCCC(=O)OC[C@H](COP(=O)(O)OC[C@H](O)COP(=O)(O)OC[C@@H](COC(=O)CCCCCCCCCCC(C)C)OC(=O)CCCCCCCCCCCCCC(C)C)OC(=O)CCCCCCCCCCCCCCCCCCC(C)C. The molecule has 558 valence electrons. The molecule has 0 aliphatic rings. The third kappa shape index (κ3) is 67.3. The Kier molecular flexibility index (Phi) is 63.1. The van der Waals surface area contributed by atoms with Gasteiger partial charge in [-0.25, -0.2) is 9.13 Å². The van der Waals surface area contributed by atoms with Gasteiger partial charge in [0.1, 0.15) is 19.3 Å². The summed E-state index contributed by atoms with van der Waals surface area (Å²) in [6, 6.07) is 0. The van der Waals surface area contributed by atoms with E-state index in [2.05, 4.69) is 55.4 Å². The van der Waals surface area contributed by atoms with Crippen LogP contribution in [0.15, 0.2) is 0 Å². The molecule has 17 nitrogen and oxygen atoms in total. The summed E-state index contributed by atoms with van der Waals surface area (Å²) in [5.74, 6) is 0.908. The second-order valence-electron chi connectivity index (χ2n) is 28.7. The molecule has 0 fully saturated rings. The molecule has 3 unspecified atom stereocenters. The third-order valence-corrected chi connectivity index (χ3v) is 19.6. The summed E-state index contributed by atoms with van der Waals surface area (Å²) in [5, 5.41) is 10.6. The molecule has 0 heterocycles. The Morgan fingerprint density at radius 3 is 0.755 bits per heavy atom. The van der Waals surface area contributed by atoms with Gasteiger partial charge in [-0.3, -0.25) is 37.3 Å². The first-order chi connectivity index (χ1) is 45.1. The number of ether oxygens (including phenoxy) is 4. The number of carbonyl (C=O) groups is 4. The van der Waals surface area contributed by atoms with Gasteiger partial charge in [0.2, 0.25) is 0 Å². The van der Waals surface area contributed by atoms with Crippen molar-refractivity contribution in [1.82, 2.24) is 0 Å². The molecular formula is C75H146O17P2. The lowest BCUT2D eigenvalue weighted by atomic mass is 10.00. The van der Waals surface area contributed by atoms with E-state index in [0.29, 0.717) is 25.7 Å². The summed E-state index contributed by atoms with van der Waals surface area (Å²) in [6.07, 6.45) is 48.7. The third-order valence-electron chi connectivity index (χ3n) is 17.7. The van der Waals surface area contributed by atoms with Crippen molar-refractivity contribution in [2.24, 2.45) is 23.7 Å². The van der Waals surface area contributed by atoms with Crippen LogP contribution < -0.4 is 0 Å². The van der Waals surface area contributed by atoms with Crippen molar-refractivity contribution in [3.8, 4) is 0 Å². The molecule has 0 saturated heterocycles. The summed E-state index contributed by atoms with van der Waals surface area (Å²) < 4.78 is 68.5. The lowest BCUT2D eigenvalue weighted by Gasteiger charge is -2.21. The monoisotopic (exact) mass is 1380 g/mol. The topological polar surface area (TPSA) is 237 Å². The molecule has 0 amide bonds. The lowest BCUT2D eigenvalue weighted by Crippen LogP contribution is -2.30. The molecule has 3 N–H and O–H groups in total. The Balaban J connectivity index is 5.22. The normalized spacial score (nSPS) is 14.4. The standard InChI is InChI=1S/C75H146O17P2/c1-9-68(8)54-46-38-33-34-40-48-56-73(78)86-62-71(92-74(79)57-49-41-31-23-19-15-13-11-10-12-14-17-21-27-35-43-51-65(2)3)64-90-94(83,84)88-60-69(76)59-87-93(81,82)89-63-70(61-85-72(77)55-47-39-30-26-25-29-37-45-53-67(6)7)91-75(80)58-50-42-32-24-20-16-18-22-28-36-44-52-66(4)5/h65-71,76H,9-64H2,1-8H3,(H,81,82)(H,83,84)/t68?,69-,70-,71-/m1/s1. The first-order valence-corrected chi connectivity index (χ1v) is 41.7. The van der Waals surface area contributed by atoms with Gasteiger partial charge in [0.15, 0.2) is 12.2 Å². The molecule has 0 rings (SSSR count). The molecule has 0 saturated carbocycles. The van der Waals surface area contributed by atoms with E-state index in [0.717, 1.165) is 120 Å². The smallest absolute Gasteiger partial charge is 0.462 e. The van der Waals surface area contributed by atoms with Crippen molar-refractivity contribution in [1.29, 1.82) is 0 Å². The molecule has 6 atom stereocenters. The van der Waals surface area contributed by atoms with Crippen molar-refractivity contribution < 1.29 is 80.2 Å². The van der Waals surface area contributed by atoms with Gasteiger partial charge in [-0.05, 0) is 49.4 Å². The van der Waals surface area contributed by atoms with Crippen molar-refractivity contribution in [2.75, 3.05) is 39.6 Å². The second kappa shape index (κ2) is 64.4. The van der Waals surface area contributed by atoms with E-state index in [-0.39, 0.29) is 25.7 Å². The van der Waals surface area contributed by atoms with Gasteiger partial charge in [0, 0.05) is 25.7 Å². The fraction of sp³-hybridized carbons (Fsp3) is 0.947. The summed E-state index contributed by atoms with van der Waals surface area (Å²) in [6.45, 7) is 14.1. The number of esters is 4. The van der Waals surface area contributed by atoms with Gasteiger partial charge in [-0.2, -0.15) is 0 Å². The molecular weight excluding hydrogens is 1230 g/mol. The highest BCUT2D eigenvalue weighted by molar-refractivity contribution is 7.47. The van der Waals surface area contributed by atoms with Gasteiger partial charge in [-0.1, -0.05) is 325 Å². The Morgan fingerprint density at radius 1 is 0.298 bits per heavy atom. The molecule has 0 radical (unpaired) electrons. The summed E-state index contributed by atoms with van der Waals surface area (Å²) in [5.41, 5.74) is 0. The number of carbonyl (C=O) groups excluding carboxylic acids is 4. The predicted octanol–water partition coefficient (Wildman–Crippen LogP) is 21.7. The highest BCUT2D eigenvalue weighted by atomic mass is 31.2. The Labute approximate surface area is 575 Å². The number of phosphoric ester groups is 2. The number of aliphatic hydroxyl groups is 1. The van der Waals surface area contributed by atoms with E-state index in [1.165, 1.54) is 173 Å². The van der Waals surface area contributed by atoms with Gasteiger partial charge >= 0.3 is 39.5 Å². The van der Waals surface area contributed by atoms with Gasteiger partial charge < -0.3 is 33.8 Å². The molecule has 0 aromatic heterocycles. The number of unbranched alkanes of at least 4 members (excludes halogenated alkanes) is 37. The Hall–Kier alpha value is -1.94. The van der Waals surface area contributed by atoms with E-state index in [1.807, 2.05) is 0 Å². The van der Waals surface area contributed by atoms with Gasteiger partial charge in [-0.15, -0.1) is 0 Å². The van der Waals surface area contributed by atoms with Crippen molar-refractivity contribution in [2.45, 2.75) is 395 Å². The Morgan fingerprint density at radius 2 is 0.511 bits per heavy atom. The minimum absolute atomic E-state index is 0.105. The van der Waals surface area contributed by atoms with E-state index < -0.39 is 97.5 Å². The Bertz CT molecular complexity index is 1850. The number of phosphoric acid groups is 2. The number of hydrogen-bond donors (Lipinski definition) is 3. The molecule has 0 aliphatic carbocycles. The van der Waals surface area contributed by atoms with Crippen LogP contribution in [-0.2, 0) is 65.4 Å². The number of rotatable bonds is 72. The molecule has 0 aliphatic heterocycles. The van der Waals surface area contributed by atoms with Crippen LogP contribution in [0.5, 0.6) is 0 Å². The van der Waals surface area contributed by atoms with Crippen LogP contribution >= 0.6 is 15.6 Å². The second-order valence-corrected chi connectivity index (χ2v) is 31.6.